The molecule has 22 heavy (non-hydrogen) atoms. The number of hydrogen-bond donors (Lipinski definition) is 0. The quantitative estimate of drug-likeness (QED) is 0.454. The summed E-state index contributed by atoms with van der Waals surface area (Å²) in [5, 5.41) is 0. The van der Waals surface area contributed by atoms with Crippen LogP contribution in [0.5, 0.6) is 5.75 Å². The van der Waals surface area contributed by atoms with Gasteiger partial charge >= 0.3 is 5.97 Å². The minimum atomic E-state index is -0.373. The molecule has 3 nitrogen and oxygen atoms in total. The summed E-state index contributed by atoms with van der Waals surface area (Å²) in [5.74, 6) is 1.16. The fraction of sp³-hybridized carbons (Fsp3) is 0.526. The Morgan fingerprint density at radius 1 is 1.36 bits per heavy atom. The Hall–Kier alpha value is -1.77. The van der Waals surface area contributed by atoms with E-state index in [1.807, 2.05) is 12.1 Å². The van der Waals surface area contributed by atoms with Crippen molar-refractivity contribution in [3.8, 4) is 5.75 Å². The van der Waals surface area contributed by atoms with E-state index in [1.54, 1.807) is 0 Å². The zero-order chi connectivity index (χ0) is 15.6. The Balaban J connectivity index is 1.70. The lowest BCUT2D eigenvalue weighted by Crippen LogP contribution is -2.31. The molecule has 2 atom stereocenters. The number of cyclic esters (lactones) is 1. The second kappa shape index (κ2) is 6.15. The number of allylic oxidation sites excluding steroid dienone is 1. The van der Waals surface area contributed by atoms with Gasteiger partial charge in [-0.25, -0.2) is 0 Å². The van der Waals surface area contributed by atoms with E-state index in [-0.39, 0.29) is 11.4 Å². The van der Waals surface area contributed by atoms with Crippen LogP contribution >= 0.6 is 0 Å². The summed E-state index contributed by atoms with van der Waals surface area (Å²) < 4.78 is 11.0. The first-order valence-electron chi connectivity index (χ1n) is 8.19. The van der Waals surface area contributed by atoms with Crippen LogP contribution in [0, 0.1) is 11.3 Å². The summed E-state index contributed by atoms with van der Waals surface area (Å²) in [5.41, 5.74) is 1.98. The van der Waals surface area contributed by atoms with Crippen LogP contribution in [0.2, 0.25) is 0 Å². The van der Waals surface area contributed by atoms with Crippen molar-refractivity contribution >= 4 is 5.97 Å². The van der Waals surface area contributed by atoms with E-state index >= 15 is 0 Å². The Kier molecular flexibility index (Phi) is 4.23. The Morgan fingerprint density at radius 3 is 2.86 bits per heavy atom. The molecule has 1 aromatic carbocycles. The highest BCUT2D eigenvalue weighted by Gasteiger charge is 2.55. The molecule has 3 heteroatoms. The van der Waals surface area contributed by atoms with Crippen LogP contribution in [0.1, 0.15) is 38.2 Å². The third-order valence-corrected chi connectivity index (χ3v) is 4.91. The maximum atomic E-state index is 12.3. The van der Waals surface area contributed by atoms with Crippen LogP contribution < -0.4 is 4.74 Å². The monoisotopic (exact) mass is 300 g/mol. The number of carbonyl (C=O) groups is 1. The van der Waals surface area contributed by atoms with Gasteiger partial charge in [-0.1, -0.05) is 37.6 Å². The number of unbranched alkanes of at least 4 members (excludes halogenated alkanes) is 1. The van der Waals surface area contributed by atoms with Gasteiger partial charge in [-0.2, -0.15) is 0 Å². The third-order valence-electron chi connectivity index (χ3n) is 4.91. The molecule has 1 aromatic rings. The molecule has 1 saturated heterocycles. The average molecular weight is 300 g/mol. The van der Waals surface area contributed by atoms with E-state index in [0.717, 1.165) is 44.5 Å². The van der Waals surface area contributed by atoms with E-state index < -0.39 is 0 Å². The first-order valence-corrected chi connectivity index (χ1v) is 8.19. The maximum Gasteiger partial charge on any atom is 0.313 e. The van der Waals surface area contributed by atoms with Gasteiger partial charge in [-0.3, -0.25) is 4.79 Å². The molecule has 0 radical (unpaired) electrons. The van der Waals surface area contributed by atoms with Gasteiger partial charge < -0.3 is 9.47 Å². The molecule has 0 aromatic heterocycles. The first kappa shape index (κ1) is 15.1. The number of hydrogen-bond acceptors (Lipinski definition) is 3. The van der Waals surface area contributed by atoms with Gasteiger partial charge in [0.1, 0.15) is 5.75 Å². The summed E-state index contributed by atoms with van der Waals surface area (Å²) in [6.45, 7) is 7.55. The second-order valence-electron chi connectivity index (χ2n) is 6.61. The molecular formula is C19H24O3. The molecule has 0 amide bonds. The van der Waals surface area contributed by atoms with Crippen molar-refractivity contribution in [3.05, 3.63) is 42.0 Å². The number of ether oxygens (including phenoxy) is 2. The van der Waals surface area contributed by atoms with Crippen LogP contribution in [0.15, 0.2) is 36.4 Å². The standard InChI is InChI=1S/C19H24O3/c1-3-4-9-21-17-7-5-15(6-8-17)12-19-11-14(2)10-16(19)13-22-18(19)20/h5-8,16H,2-4,9-13H2,1H3. The molecule has 2 unspecified atom stereocenters. The summed E-state index contributed by atoms with van der Waals surface area (Å²) in [4.78, 5) is 12.3. The van der Waals surface area contributed by atoms with Crippen molar-refractivity contribution in [2.75, 3.05) is 13.2 Å². The predicted molar refractivity (Wildman–Crippen MR) is 85.8 cm³/mol. The molecule has 0 bridgehead atoms. The number of rotatable bonds is 6. The number of benzene rings is 1. The van der Waals surface area contributed by atoms with Gasteiger partial charge in [-0.05, 0) is 43.4 Å². The molecule has 2 fully saturated rings. The van der Waals surface area contributed by atoms with Gasteiger partial charge in [-0.15, -0.1) is 0 Å². The Bertz CT molecular complexity index is 561. The molecule has 1 saturated carbocycles. The van der Waals surface area contributed by atoms with Gasteiger partial charge in [0.2, 0.25) is 0 Å². The zero-order valence-electron chi connectivity index (χ0n) is 13.3. The number of esters is 1. The van der Waals surface area contributed by atoms with Gasteiger partial charge in [0.15, 0.2) is 0 Å². The second-order valence-corrected chi connectivity index (χ2v) is 6.61. The van der Waals surface area contributed by atoms with Gasteiger partial charge in [0.05, 0.1) is 18.6 Å². The highest BCUT2D eigenvalue weighted by molar-refractivity contribution is 5.81. The van der Waals surface area contributed by atoms with E-state index in [1.165, 1.54) is 11.1 Å². The highest BCUT2D eigenvalue weighted by Crippen LogP contribution is 2.52. The molecule has 1 heterocycles. The number of carbonyl (C=O) groups excluding carboxylic acids is 1. The van der Waals surface area contributed by atoms with Crippen molar-refractivity contribution < 1.29 is 14.3 Å². The van der Waals surface area contributed by atoms with Crippen LogP contribution in [-0.2, 0) is 16.0 Å². The van der Waals surface area contributed by atoms with Gasteiger partial charge in [0.25, 0.3) is 0 Å². The Labute approximate surface area is 132 Å². The SMILES string of the molecule is C=C1CC2COC(=O)C2(Cc2ccc(OCCCC)cc2)C1. The molecule has 0 spiro atoms. The summed E-state index contributed by atoms with van der Waals surface area (Å²) >= 11 is 0. The predicted octanol–water partition coefficient (Wildman–Crippen LogP) is 3.92. The van der Waals surface area contributed by atoms with Crippen molar-refractivity contribution in [1.82, 2.24) is 0 Å². The van der Waals surface area contributed by atoms with E-state index in [4.69, 9.17) is 9.47 Å². The summed E-state index contributed by atoms with van der Waals surface area (Å²) in [6.07, 6.45) is 4.63. The van der Waals surface area contributed by atoms with Crippen LogP contribution in [0.4, 0.5) is 0 Å². The first-order chi connectivity index (χ1) is 10.6. The normalized spacial score (nSPS) is 26.9. The van der Waals surface area contributed by atoms with E-state index in [9.17, 15) is 4.79 Å². The van der Waals surface area contributed by atoms with E-state index in [2.05, 4.69) is 25.6 Å². The molecule has 0 N–H and O–H groups in total. The maximum absolute atomic E-state index is 12.3. The van der Waals surface area contributed by atoms with Gasteiger partial charge in [0, 0.05) is 5.92 Å². The molecule has 3 rings (SSSR count). The molecular weight excluding hydrogens is 276 g/mol. The molecule has 1 aliphatic carbocycles. The summed E-state index contributed by atoms with van der Waals surface area (Å²) in [6, 6.07) is 8.14. The van der Waals surface area contributed by atoms with Crippen molar-refractivity contribution in [1.29, 1.82) is 0 Å². The molecule has 118 valence electrons. The van der Waals surface area contributed by atoms with Crippen LogP contribution in [0.3, 0.4) is 0 Å². The fourth-order valence-electron chi connectivity index (χ4n) is 3.66. The zero-order valence-corrected chi connectivity index (χ0v) is 13.3. The highest BCUT2D eigenvalue weighted by atomic mass is 16.5. The number of fused-ring (bicyclic) bond motifs is 1. The lowest BCUT2D eigenvalue weighted by Gasteiger charge is -2.24. The van der Waals surface area contributed by atoms with Crippen molar-refractivity contribution in [2.45, 2.75) is 39.0 Å². The van der Waals surface area contributed by atoms with Crippen LogP contribution in [-0.4, -0.2) is 19.2 Å². The minimum absolute atomic E-state index is 0.0422. The third kappa shape index (κ3) is 2.77. The van der Waals surface area contributed by atoms with E-state index in [0.29, 0.717) is 12.5 Å². The Morgan fingerprint density at radius 2 is 2.14 bits per heavy atom. The van der Waals surface area contributed by atoms with Crippen molar-refractivity contribution in [2.24, 2.45) is 11.3 Å². The van der Waals surface area contributed by atoms with Crippen LogP contribution in [0.25, 0.3) is 0 Å². The lowest BCUT2D eigenvalue weighted by molar-refractivity contribution is -0.146. The lowest BCUT2D eigenvalue weighted by atomic mass is 9.75. The smallest absolute Gasteiger partial charge is 0.313 e. The van der Waals surface area contributed by atoms with Crippen molar-refractivity contribution in [3.63, 3.8) is 0 Å². The molecule has 2 aliphatic rings. The minimum Gasteiger partial charge on any atom is -0.494 e. The average Bonchev–Trinajstić information content (AvgIpc) is 2.97. The fourth-order valence-corrected chi connectivity index (χ4v) is 3.66. The largest absolute Gasteiger partial charge is 0.494 e. The summed E-state index contributed by atoms with van der Waals surface area (Å²) in [7, 11) is 0. The topological polar surface area (TPSA) is 35.5 Å². The molecule has 1 aliphatic heterocycles.